The van der Waals surface area contributed by atoms with E-state index in [0.29, 0.717) is 11.3 Å². The van der Waals surface area contributed by atoms with Gasteiger partial charge in [0.15, 0.2) is 0 Å². The summed E-state index contributed by atoms with van der Waals surface area (Å²) in [5, 5.41) is 24.1. The van der Waals surface area contributed by atoms with E-state index in [1.807, 2.05) is 0 Å². The molecule has 1 amide bonds. The van der Waals surface area contributed by atoms with Crippen LogP contribution in [0, 0.1) is 10.1 Å². The van der Waals surface area contributed by atoms with Gasteiger partial charge in [0.2, 0.25) is 5.91 Å². The number of aliphatic hydroxyl groups is 1. The van der Waals surface area contributed by atoms with Gasteiger partial charge in [0.25, 0.3) is 5.69 Å². The molecule has 0 heterocycles. The summed E-state index contributed by atoms with van der Waals surface area (Å²) in [6, 6.07) is 12.6. The van der Waals surface area contributed by atoms with Crippen molar-refractivity contribution in [3.05, 3.63) is 69.8 Å². The van der Waals surface area contributed by atoms with E-state index in [1.54, 1.807) is 30.3 Å². The average molecular weight is 286 g/mol. The van der Waals surface area contributed by atoms with E-state index < -0.39 is 11.0 Å². The van der Waals surface area contributed by atoms with Crippen LogP contribution >= 0.6 is 0 Å². The van der Waals surface area contributed by atoms with Crippen LogP contribution in [-0.4, -0.2) is 15.9 Å². The van der Waals surface area contributed by atoms with Gasteiger partial charge in [0, 0.05) is 24.2 Å². The van der Waals surface area contributed by atoms with Crippen molar-refractivity contribution in [3.63, 3.8) is 0 Å². The van der Waals surface area contributed by atoms with Crippen LogP contribution in [0.3, 0.4) is 0 Å². The first-order valence-corrected chi connectivity index (χ1v) is 6.28. The summed E-state index contributed by atoms with van der Waals surface area (Å²) in [4.78, 5) is 21.7. The van der Waals surface area contributed by atoms with Crippen molar-refractivity contribution in [1.29, 1.82) is 0 Å². The molecular weight excluding hydrogens is 272 g/mol. The number of nitrogens with zero attached hydrogens (tertiary/aromatic N) is 1. The van der Waals surface area contributed by atoms with Crippen molar-refractivity contribution in [2.75, 3.05) is 5.32 Å². The summed E-state index contributed by atoms with van der Waals surface area (Å²) in [6.07, 6.45) is -1.20. The van der Waals surface area contributed by atoms with Crippen LogP contribution in [-0.2, 0) is 4.79 Å². The quantitative estimate of drug-likeness (QED) is 0.667. The molecule has 0 bridgehead atoms. The Morgan fingerprint density at radius 1 is 1.14 bits per heavy atom. The number of carbonyl (C=O) groups is 1. The lowest BCUT2D eigenvalue weighted by Gasteiger charge is -2.16. The number of amides is 1. The Balaban J connectivity index is 2.48. The fraction of sp³-hybridized carbons (Fsp3) is 0.133. The molecule has 2 aromatic carbocycles. The molecule has 21 heavy (non-hydrogen) atoms. The predicted molar refractivity (Wildman–Crippen MR) is 77.9 cm³/mol. The highest BCUT2D eigenvalue weighted by atomic mass is 16.6. The van der Waals surface area contributed by atoms with E-state index in [2.05, 4.69) is 5.32 Å². The first kappa shape index (κ1) is 14.7. The van der Waals surface area contributed by atoms with E-state index in [-0.39, 0.29) is 17.2 Å². The Labute approximate surface area is 121 Å². The fourth-order valence-corrected chi connectivity index (χ4v) is 2.09. The van der Waals surface area contributed by atoms with Crippen molar-refractivity contribution in [2.45, 2.75) is 13.0 Å². The molecule has 1 atom stereocenters. The average Bonchev–Trinajstić information content (AvgIpc) is 2.46. The van der Waals surface area contributed by atoms with E-state index in [4.69, 9.17) is 0 Å². The third-order valence-electron chi connectivity index (χ3n) is 2.99. The van der Waals surface area contributed by atoms with Gasteiger partial charge >= 0.3 is 0 Å². The summed E-state index contributed by atoms with van der Waals surface area (Å²) < 4.78 is 0. The second-order valence-corrected chi connectivity index (χ2v) is 4.49. The van der Waals surface area contributed by atoms with E-state index in [9.17, 15) is 20.0 Å². The van der Waals surface area contributed by atoms with Gasteiger partial charge in [-0.15, -0.1) is 0 Å². The molecule has 2 N–H and O–H groups in total. The fourth-order valence-electron chi connectivity index (χ4n) is 2.09. The lowest BCUT2D eigenvalue weighted by atomic mass is 9.98. The van der Waals surface area contributed by atoms with Crippen LogP contribution in [0.15, 0.2) is 48.5 Å². The number of rotatable bonds is 4. The smallest absolute Gasteiger partial charge is 0.275 e. The molecule has 0 aliphatic rings. The van der Waals surface area contributed by atoms with Gasteiger partial charge in [-0.1, -0.05) is 30.3 Å². The number of para-hydroxylation sites is 2. The zero-order chi connectivity index (χ0) is 15.4. The summed E-state index contributed by atoms with van der Waals surface area (Å²) in [6.45, 7) is 1.36. The zero-order valence-electron chi connectivity index (χ0n) is 11.3. The molecule has 108 valence electrons. The summed E-state index contributed by atoms with van der Waals surface area (Å²) in [5.74, 6) is -0.280. The molecule has 6 heteroatoms. The lowest BCUT2D eigenvalue weighted by molar-refractivity contribution is -0.386. The van der Waals surface area contributed by atoms with E-state index in [1.165, 1.54) is 25.1 Å². The highest BCUT2D eigenvalue weighted by molar-refractivity contribution is 5.89. The third-order valence-corrected chi connectivity index (χ3v) is 2.99. The van der Waals surface area contributed by atoms with Crippen molar-refractivity contribution < 1.29 is 14.8 Å². The molecule has 6 nitrogen and oxygen atoms in total. The second-order valence-electron chi connectivity index (χ2n) is 4.49. The Hall–Kier alpha value is -2.73. The maximum absolute atomic E-state index is 11.2. The third kappa shape index (κ3) is 3.24. The molecule has 0 spiro atoms. The Bertz CT molecular complexity index is 685. The molecule has 0 aliphatic carbocycles. The van der Waals surface area contributed by atoms with Gasteiger partial charge in [-0.2, -0.15) is 0 Å². The highest BCUT2D eigenvalue weighted by Gasteiger charge is 2.23. The van der Waals surface area contributed by atoms with Crippen LogP contribution in [0.1, 0.15) is 24.2 Å². The molecule has 1 unspecified atom stereocenters. The topological polar surface area (TPSA) is 92.5 Å². The van der Waals surface area contributed by atoms with Gasteiger partial charge in [-0.05, 0) is 12.1 Å². The first-order valence-electron chi connectivity index (χ1n) is 6.28. The number of nitro benzene ring substituents is 1. The number of anilines is 1. The number of hydrogen-bond donors (Lipinski definition) is 2. The first-order chi connectivity index (χ1) is 10.0. The number of carbonyl (C=O) groups excluding carboxylic acids is 1. The number of hydrogen-bond acceptors (Lipinski definition) is 4. The maximum atomic E-state index is 11.2. The molecule has 0 fully saturated rings. The number of benzene rings is 2. The Morgan fingerprint density at radius 3 is 2.33 bits per heavy atom. The van der Waals surface area contributed by atoms with Gasteiger partial charge in [0.1, 0.15) is 6.10 Å². The molecule has 2 aromatic rings. The Kier molecular flexibility index (Phi) is 4.30. The van der Waals surface area contributed by atoms with Crippen LogP contribution < -0.4 is 5.32 Å². The van der Waals surface area contributed by atoms with Crippen LogP contribution in [0.4, 0.5) is 11.4 Å². The van der Waals surface area contributed by atoms with Crippen molar-refractivity contribution >= 4 is 17.3 Å². The van der Waals surface area contributed by atoms with E-state index >= 15 is 0 Å². The standard InChI is InChI=1S/C15H14N2O4/c1-10(18)16-13-8-4-2-6-11(13)15(19)12-7-3-5-9-14(12)17(20)21/h2-9,15,19H,1H3,(H,16,18). The molecule has 0 saturated heterocycles. The van der Waals surface area contributed by atoms with E-state index in [0.717, 1.165) is 0 Å². The normalized spacial score (nSPS) is 11.7. The zero-order valence-corrected chi connectivity index (χ0v) is 11.3. The van der Waals surface area contributed by atoms with Crippen LogP contribution in [0.25, 0.3) is 0 Å². The minimum Gasteiger partial charge on any atom is -0.383 e. The molecule has 0 aromatic heterocycles. The maximum Gasteiger partial charge on any atom is 0.275 e. The SMILES string of the molecule is CC(=O)Nc1ccccc1C(O)c1ccccc1[N+](=O)[O-]. The molecule has 0 saturated carbocycles. The number of aliphatic hydroxyl groups excluding tert-OH is 1. The molecule has 2 rings (SSSR count). The summed E-state index contributed by atoms with van der Waals surface area (Å²) in [5.41, 5.74) is 0.848. The summed E-state index contributed by atoms with van der Waals surface area (Å²) >= 11 is 0. The van der Waals surface area contributed by atoms with Crippen LogP contribution in [0.5, 0.6) is 0 Å². The number of nitro groups is 1. The largest absolute Gasteiger partial charge is 0.383 e. The van der Waals surface area contributed by atoms with Gasteiger partial charge in [-0.25, -0.2) is 0 Å². The minimum absolute atomic E-state index is 0.164. The Morgan fingerprint density at radius 2 is 1.71 bits per heavy atom. The monoisotopic (exact) mass is 286 g/mol. The second kappa shape index (κ2) is 6.15. The van der Waals surface area contributed by atoms with Crippen molar-refractivity contribution in [3.8, 4) is 0 Å². The van der Waals surface area contributed by atoms with Gasteiger partial charge in [-0.3, -0.25) is 14.9 Å². The lowest BCUT2D eigenvalue weighted by Crippen LogP contribution is -2.11. The molecular formula is C15H14N2O4. The van der Waals surface area contributed by atoms with Crippen LogP contribution in [0.2, 0.25) is 0 Å². The molecule has 0 radical (unpaired) electrons. The van der Waals surface area contributed by atoms with Gasteiger partial charge in [0.05, 0.1) is 10.5 Å². The highest BCUT2D eigenvalue weighted by Crippen LogP contribution is 2.33. The summed E-state index contributed by atoms with van der Waals surface area (Å²) in [7, 11) is 0. The minimum atomic E-state index is -1.20. The number of nitrogens with one attached hydrogen (secondary N) is 1. The molecule has 0 aliphatic heterocycles. The van der Waals surface area contributed by atoms with Crippen molar-refractivity contribution in [1.82, 2.24) is 0 Å². The van der Waals surface area contributed by atoms with Crippen molar-refractivity contribution in [2.24, 2.45) is 0 Å². The van der Waals surface area contributed by atoms with Gasteiger partial charge < -0.3 is 10.4 Å². The predicted octanol–water partition coefficient (Wildman–Crippen LogP) is 2.63.